The van der Waals surface area contributed by atoms with E-state index >= 15 is 0 Å². The number of aromatic nitrogens is 3. The summed E-state index contributed by atoms with van der Waals surface area (Å²) in [6.07, 6.45) is 4.99. The molecule has 2 aromatic rings. The van der Waals surface area contributed by atoms with Gasteiger partial charge in [-0.05, 0) is 12.8 Å². The van der Waals surface area contributed by atoms with Crippen molar-refractivity contribution in [1.29, 1.82) is 0 Å². The van der Waals surface area contributed by atoms with Crippen molar-refractivity contribution in [3.05, 3.63) is 34.3 Å². The summed E-state index contributed by atoms with van der Waals surface area (Å²) in [5.74, 6) is 0.780. The third-order valence-electron chi connectivity index (χ3n) is 3.70. The highest BCUT2D eigenvalue weighted by Gasteiger charge is 2.34. The fraction of sp³-hybridized carbons (Fsp3) is 0.500. The number of imidazole rings is 1. The molecule has 1 aliphatic rings. The molecule has 21 heavy (non-hydrogen) atoms. The molecule has 6 nitrogen and oxygen atoms in total. The van der Waals surface area contributed by atoms with Gasteiger partial charge in [-0.2, -0.15) is 0 Å². The highest BCUT2D eigenvalue weighted by Crippen LogP contribution is 2.28. The summed E-state index contributed by atoms with van der Waals surface area (Å²) in [7, 11) is 1.93. The van der Waals surface area contributed by atoms with Crippen LogP contribution in [0.2, 0.25) is 0 Å². The number of thiazole rings is 1. The van der Waals surface area contributed by atoms with Crippen molar-refractivity contribution in [2.75, 3.05) is 6.61 Å². The number of carbonyl (C=O) groups is 1. The Morgan fingerprint density at radius 1 is 1.57 bits per heavy atom. The molecule has 0 aliphatic carbocycles. The zero-order valence-corrected chi connectivity index (χ0v) is 12.9. The third-order valence-corrected chi connectivity index (χ3v) is 4.57. The monoisotopic (exact) mass is 306 g/mol. The number of nitrogens with one attached hydrogen (secondary N) is 1. The van der Waals surface area contributed by atoms with Gasteiger partial charge in [0, 0.05) is 26.0 Å². The van der Waals surface area contributed by atoms with Gasteiger partial charge in [0.05, 0.1) is 17.2 Å². The first-order chi connectivity index (χ1) is 10.2. The number of ether oxygens (including phenoxy) is 1. The molecule has 2 aromatic heterocycles. The number of carbonyl (C=O) groups excluding carboxylic acids is 1. The van der Waals surface area contributed by atoms with Gasteiger partial charge in [-0.25, -0.2) is 9.97 Å². The number of amides is 1. The molecule has 112 valence electrons. The molecule has 0 spiro atoms. The molecule has 1 aliphatic heterocycles. The SMILES string of the molecule is CCc1ncsc1C(=O)N[C@H]1CCO[C@@H]1c1nccn1C. The molecule has 1 fully saturated rings. The van der Waals surface area contributed by atoms with Crippen LogP contribution < -0.4 is 5.32 Å². The lowest BCUT2D eigenvalue weighted by Crippen LogP contribution is -2.37. The van der Waals surface area contributed by atoms with Gasteiger partial charge < -0.3 is 14.6 Å². The van der Waals surface area contributed by atoms with Crippen LogP contribution >= 0.6 is 11.3 Å². The zero-order valence-electron chi connectivity index (χ0n) is 12.1. The first-order valence-corrected chi connectivity index (χ1v) is 7.90. The molecule has 0 saturated carbocycles. The minimum atomic E-state index is -0.188. The maximum atomic E-state index is 12.4. The summed E-state index contributed by atoms with van der Waals surface area (Å²) in [4.78, 5) is 21.7. The van der Waals surface area contributed by atoms with Gasteiger partial charge in [0.1, 0.15) is 16.8 Å². The standard InChI is InChI=1S/C14H18N4O2S/c1-3-9-12(21-8-16-9)14(19)17-10-4-7-20-11(10)13-15-5-6-18(13)2/h5-6,8,10-11H,3-4,7H2,1-2H3,(H,17,19)/t10-,11-/m0/s1. The lowest BCUT2D eigenvalue weighted by Gasteiger charge is -2.19. The number of hydrogen-bond acceptors (Lipinski definition) is 5. The van der Waals surface area contributed by atoms with E-state index in [4.69, 9.17) is 4.74 Å². The highest BCUT2D eigenvalue weighted by molar-refractivity contribution is 7.11. The third kappa shape index (κ3) is 2.71. The van der Waals surface area contributed by atoms with Crippen molar-refractivity contribution in [1.82, 2.24) is 19.9 Å². The van der Waals surface area contributed by atoms with Crippen LogP contribution in [-0.4, -0.2) is 33.1 Å². The summed E-state index contributed by atoms with van der Waals surface area (Å²) >= 11 is 1.38. The van der Waals surface area contributed by atoms with E-state index in [9.17, 15) is 4.79 Å². The predicted octanol–water partition coefficient (Wildman–Crippen LogP) is 1.70. The van der Waals surface area contributed by atoms with Crippen LogP contribution in [-0.2, 0) is 18.2 Å². The van der Waals surface area contributed by atoms with Crippen LogP contribution in [0.3, 0.4) is 0 Å². The Bertz CT molecular complexity index is 636. The lowest BCUT2D eigenvalue weighted by atomic mass is 10.1. The van der Waals surface area contributed by atoms with Gasteiger partial charge in [-0.3, -0.25) is 4.79 Å². The second-order valence-electron chi connectivity index (χ2n) is 5.04. The van der Waals surface area contributed by atoms with Crippen molar-refractivity contribution >= 4 is 17.2 Å². The molecule has 0 aromatic carbocycles. The van der Waals surface area contributed by atoms with Gasteiger partial charge in [-0.1, -0.05) is 6.92 Å². The fourth-order valence-corrected chi connectivity index (χ4v) is 3.37. The Labute approximate surface area is 127 Å². The van der Waals surface area contributed by atoms with Crippen molar-refractivity contribution in [3.63, 3.8) is 0 Å². The summed E-state index contributed by atoms with van der Waals surface area (Å²) in [5, 5.41) is 3.07. The topological polar surface area (TPSA) is 69.0 Å². The van der Waals surface area contributed by atoms with E-state index in [1.807, 2.05) is 24.7 Å². The molecular formula is C14H18N4O2S. The van der Waals surface area contributed by atoms with Crippen molar-refractivity contribution in [3.8, 4) is 0 Å². The minimum absolute atomic E-state index is 0.0505. The molecular weight excluding hydrogens is 288 g/mol. The molecule has 0 radical (unpaired) electrons. The summed E-state index contributed by atoms with van der Waals surface area (Å²) in [6, 6.07) is -0.0505. The first kappa shape index (κ1) is 14.2. The van der Waals surface area contributed by atoms with Crippen LogP contribution in [0.25, 0.3) is 0 Å². The van der Waals surface area contributed by atoms with Crippen LogP contribution in [0, 0.1) is 0 Å². The second kappa shape index (κ2) is 5.95. The minimum Gasteiger partial charge on any atom is -0.368 e. The lowest BCUT2D eigenvalue weighted by molar-refractivity contribution is 0.0781. The average molecular weight is 306 g/mol. The van der Waals surface area contributed by atoms with Gasteiger partial charge in [-0.15, -0.1) is 11.3 Å². The van der Waals surface area contributed by atoms with Crippen LogP contribution in [0.4, 0.5) is 0 Å². The summed E-state index contributed by atoms with van der Waals surface area (Å²) in [5.41, 5.74) is 2.57. The Morgan fingerprint density at radius 2 is 2.43 bits per heavy atom. The number of rotatable bonds is 4. The van der Waals surface area contributed by atoms with Crippen LogP contribution in [0.5, 0.6) is 0 Å². The molecule has 0 unspecified atom stereocenters. The van der Waals surface area contributed by atoms with E-state index in [-0.39, 0.29) is 18.1 Å². The van der Waals surface area contributed by atoms with Crippen LogP contribution in [0.1, 0.15) is 40.6 Å². The largest absolute Gasteiger partial charge is 0.368 e. The Hall–Kier alpha value is -1.73. The van der Waals surface area contributed by atoms with E-state index in [1.165, 1.54) is 11.3 Å². The molecule has 7 heteroatoms. The van der Waals surface area contributed by atoms with E-state index in [2.05, 4.69) is 15.3 Å². The predicted molar refractivity (Wildman–Crippen MR) is 79.3 cm³/mol. The molecule has 1 amide bonds. The quantitative estimate of drug-likeness (QED) is 0.933. The molecule has 1 N–H and O–H groups in total. The molecule has 0 bridgehead atoms. The molecule has 3 rings (SSSR count). The molecule has 3 heterocycles. The van der Waals surface area contributed by atoms with Crippen LogP contribution in [0.15, 0.2) is 17.9 Å². The Balaban J connectivity index is 1.75. The van der Waals surface area contributed by atoms with Gasteiger partial charge >= 0.3 is 0 Å². The van der Waals surface area contributed by atoms with Gasteiger partial charge in [0.2, 0.25) is 0 Å². The van der Waals surface area contributed by atoms with Crippen molar-refractivity contribution < 1.29 is 9.53 Å². The Kier molecular flexibility index (Phi) is 4.03. The van der Waals surface area contributed by atoms with Crippen molar-refractivity contribution in [2.24, 2.45) is 7.05 Å². The van der Waals surface area contributed by atoms with E-state index in [0.717, 1.165) is 24.4 Å². The van der Waals surface area contributed by atoms with Gasteiger partial charge in [0.25, 0.3) is 5.91 Å². The second-order valence-corrected chi connectivity index (χ2v) is 5.89. The molecule has 1 saturated heterocycles. The molecule has 2 atom stereocenters. The highest BCUT2D eigenvalue weighted by atomic mass is 32.1. The number of hydrogen-bond donors (Lipinski definition) is 1. The average Bonchev–Trinajstić information content (AvgIpc) is 3.18. The van der Waals surface area contributed by atoms with Crippen molar-refractivity contribution in [2.45, 2.75) is 31.9 Å². The van der Waals surface area contributed by atoms with Gasteiger partial charge in [0.15, 0.2) is 0 Å². The first-order valence-electron chi connectivity index (χ1n) is 7.02. The summed E-state index contributed by atoms with van der Waals surface area (Å²) in [6.45, 7) is 2.63. The smallest absolute Gasteiger partial charge is 0.263 e. The van der Waals surface area contributed by atoms with E-state index < -0.39 is 0 Å². The van der Waals surface area contributed by atoms with E-state index in [0.29, 0.717) is 11.5 Å². The van der Waals surface area contributed by atoms with E-state index in [1.54, 1.807) is 11.7 Å². The number of aryl methyl sites for hydroxylation is 2. The number of nitrogens with zero attached hydrogens (tertiary/aromatic N) is 3. The maximum Gasteiger partial charge on any atom is 0.263 e. The zero-order chi connectivity index (χ0) is 14.8. The fourth-order valence-electron chi connectivity index (χ4n) is 2.58. The maximum absolute atomic E-state index is 12.4. The normalized spacial score (nSPS) is 21.6. The Morgan fingerprint density at radius 3 is 3.14 bits per heavy atom. The summed E-state index contributed by atoms with van der Waals surface area (Å²) < 4.78 is 7.69.